The second-order valence-corrected chi connectivity index (χ2v) is 18.1. The zero-order valence-electron chi connectivity index (χ0n) is 40.3. The fourth-order valence-corrected chi connectivity index (χ4v) is 6.95. The number of likely N-dealkylation sites (N-methyl/N-ethyl adjacent to an activating group) is 1. The summed E-state index contributed by atoms with van der Waals surface area (Å²) in [6, 6.07) is 0. The smallest absolute Gasteiger partial charge is 0.306 e. The minimum absolute atomic E-state index is 0.146. The zero-order chi connectivity index (χ0) is 44.9. The molecule has 356 valence electrons. The largest absolute Gasteiger partial charge is 0.545 e. The molecule has 0 aliphatic carbocycles. The lowest BCUT2D eigenvalue weighted by molar-refractivity contribution is -0.870. The van der Waals surface area contributed by atoms with E-state index in [-0.39, 0.29) is 32.2 Å². The van der Waals surface area contributed by atoms with E-state index in [2.05, 4.69) is 50.3 Å². The summed E-state index contributed by atoms with van der Waals surface area (Å²) in [6.45, 7) is 4.72. The highest BCUT2D eigenvalue weighted by molar-refractivity contribution is 5.70. The van der Waals surface area contributed by atoms with Gasteiger partial charge in [0.2, 0.25) is 0 Å². The number of hydrogen-bond acceptors (Lipinski definition) is 8. The number of quaternary nitrogens is 1. The van der Waals surface area contributed by atoms with Crippen LogP contribution < -0.4 is 5.11 Å². The Bertz CT molecular complexity index is 1100. The second kappa shape index (κ2) is 44.1. The average molecular weight is 862 g/mol. The molecule has 0 fully saturated rings. The summed E-state index contributed by atoms with van der Waals surface area (Å²) in [5.74, 6) is -2.29. The minimum atomic E-state index is -1.62. The van der Waals surface area contributed by atoms with E-state index >= 15 is 0 Å². The van der Waals surface area contributed by atoms with Gasteiger partial charge in [-0.15, -0.1) is 0 Å². The molecule has 0 aromatic rings. The number of ether oxygens (including phenoxy) is 4. The molecule has 0 N–H and O–H groups in total. The SMILES string of the molecule is CCCCC/C=C\C/C=C\C/C=C\CCCCCCCCC(=O)OC(COC(=O)CCCCCCCCCCCCCCCCCCC)COC(OCC[N+](C)(C)C)C(=O)[O-]. The number of rotatable bonds is 46. The van der Waals surface area contributed by atoms with Gasteiger partial charge in [-0.05, 0) is 51.4 Å². The molecule has 2 atom stereocenters. The van der Waals surface area contributed by atoms with Crippen LogP contribution in [-0.2, 0) is 33.3 Å². The van der Waals surface area contributed by atoms with Crippen molar-refractivity contribution < 1.29 is 42.9 Å². The summed E-state index contributed by atoms with van der Waals surface area (Å²) >= 11 is 0. The fourth-order valence-electron chi connectivity index (χ4n) is 6.95. The monoisotopic (exact) mass is 862 g/mol. The molecule has 0 saturated heterocycles. The van der Waals surface area contributed by atoms with E-state index in [1.807, 2.05) is 21.1 Å². The maximum atomic E-state index is 12.8. The number of carboxylic acids is 1. The number of nitrogens with zero attached hydrogens (tertiary/aromatic N) is 1. The molecule has 9 heteroatoms. The van der Waals surface area contributed by atoms with E-state index in [1.165, 1.54) is 116 Å². The standard InChI is InChI=1S/C52H95NO8/c1-6-8-10-12-14-16-18-20-22-24-25-27-29-31-33-35-37-39-41-43-50(55)61-48(47-60-52(51(56)57)58-45-44-53(3,4)5)46-59-49(54)42-40-38-36-34-32-30-28-26-23-21-19-17-15-13-11-9-7-2/h14,16,20,22,25,27,48,52H,6-13,15,17-19,21,23-24,26,28-47H2,1-5H3/b16-14-,22-20-,27-25-. The van der Waals surface area contributed by atoms with Gasteiger partial charge < -0.3 is 33.3 Å². The number of carbonyl (C=O) groups excluding carboxylic acids is 3. The van der Waals surface area contributed by atoms with Crippen LogP contribution in [0.3, 0.4) is 0 Å². The molecule has 61 heavy (non-hydrogen) atoms. The molecule has 0 aromatic carbocycles. The van der Waals surface area contributed by atoms with Gasteiger partial charge in [-0.25, -0.2) is 0 Å². The Morgan fingerprint density at radius 2 is 0.885 bits per heavy atom. The van der Waals surface area contributed by atoms with Gasteiger partial charge in [-0.2, -0.15) is 0 Å². The molecule has 9 nitrogen and oxygen atoms in total. The molecule has 2 unspecified atom stereocenters. The van der Waals surface area contributed by atoms with E-state index in [4.69, 9.17) is 18.9 Å². The van der Waals surface area contributed by atoms with E-state index < -0.39 is 24.3 Å². The number of aliphatic carboxylic acids is 1. The molecule has 0 bridgehead atoms. The first kappa shape index (κ1) is 58.5. The molecule has 0 aromatic heterocycles. The van der Waals surface area contributed by atoms with Crippen molar-refractivity contribution in [1.82, 2.24) is 0 Å². The first-order valence-electron chi connectivity index (χ1n) is 25.1. The van der Waals surface area contributed by atoms with Crippen molar-refractivity contribution >= 4 is 17.9 Å². The summed E-state index contributed by atoms with van der Waals surface area (Å²) in [7, 11) is 5.91. The average Bonchev–Trinajstić information content (AvgIpc) is 3.22. The van der Waals surface area contributed by atoms with Crippen LogP contribution in [0.25, 0.3) is 0 Å². The zero-order valence-corrected chi connectivity index (χ0v) is 40.3. The fraction of sp³-hybridized carbons (Fsp3) is 0.827. The number of unbranched alkanes of at least 4 members (excludes halogenated alkanes) is 25. The lowest BCUT2D eigenvalue weighted by atomic mass is 10.0. The highest BCUT2D eigenvalue weighted by Crippen LogP contribution is 2.15. The first-order valence-corrected chi connectivity index (χ1v) is 25.1. The first-order chi connectivity index (χ1) is 29.6. The van der Waals surface area contributed by atoms with Gasteiger partial charge in [0.25, 0.3) is 0 Å². The second-order valence-electron chi connectivity index (χ2n) is 18.1. The van der Waals surface area contributed by atoms with Gasteiger partial charge in [-0.3, -0.25) is 9.59 Å². The van der Waals surface area contributed by atoms with Crippen molar-refractivity contribution in [2.24, 2.45) is 0 Å². The maximum absolute atomic E-state index is 12.8. The van der Waals surface area contributed by atoms with Gasteiger partial charge in [0, 0.05) is 12.8 Å². The molecule has 0 amide bonds. The normalized spacial score (nSPS) is 13.1. The van der Waals surface area contributed by atoms with Gasteiger partial charge in [0.1, 0.15) is 13.2 Å². The Labute approximate surface area is 375 Å². The van der Waals surface area contributed by atoms with Crippen LogP contribution in [0.1, 0.15) is 219 Å². The van der Waals surface area contributed by atoms with E-state index in [0.717, 1.165) is 70.6 Å². The highest BCUT2D eigenvalue weighted by atomic mass is 16.7. The maximum Gasteiger partial charge on any atom is 0.306 e. The third-order valence-corrected chi connectivity index (χ3v) is 10.9. The Balaban J connectivity index is 4.38. The third-order valence-electron chi connectivity index (χ3n) is 10.9. The Morgan fingerprint density at radius 1 is 0.492 bits per heavy atom. The van der Waals surface area contributed by atoms with Crippen LogP contribution in [0, 0.1) is 0 Å². The van der Waals surface area contributed by atoms with E-state index in [1.54, 1.807) is 0 Å². The van der Waals surface area contributed by atoms with Crippen molar-refractivity contribution in [3.05, 3.63) is 36.5 Å². The molecular weight excluding hydrogens is 767 g/mol. The Kier molecular flexibility index (Phi) is 42.3. The lowest BCUT2D eigenvalue weighted by Gasteiger charge is -2.26. The summed E-state index contributed by atoms with van der Waals surface area (Å²) in [4.78, 5) is 37.1. The minimum Gasteiger partial charge on any atom is -0.545 e. The lowest BCUT2D eigenvalue weighted by Crippen LogP contribution is -2.44. The van der Waals surface area contributed by atoms with Crippen molar-refractivity contribution in [3.8, 4) is 0 Å². The van der Waals surface area contributed by atoms with Crippen LogP contribution in [0.4, 0.5) is 0 Å². The van der Waals surface area contributed by atoms with Crippen molar-refractivity contribution in [2.45, 2.75) is 232 Å². The van der Waals surface area contributed by atoms with Crippen LogP contribution in [0.15, 0.2) is 36.5 Å². The highest BCUT2D eigenvalue weighted by Gasteiger charge is 2.21. The van der Waals surface area contributed by atoms with Crippen molar-refractivity contribution in [1.29, 1.82) is 0 Å². The predicted octanol–water partition coefficient (Wildman–Crippen LogP) is 12.4. The molecular formula is C52H95NO8. The number of carbonyl (C=O) groups is 3. The van der Waals surface area contributed by atoms with Gasteiger partial charge in [-0.1, -0.05) is 192 Å². The van der Waals surface area contributed by atoms with Gasteiger partial charge >= 0.3 is 11.9 Å². The summed E-state index contributed by atoms with van der Waals surface area (Å²) < 4.78 is 22.6. The molecule has 0 aliphatic heterocycles. The van der Waals surface area contributed by atoms with E-state index in [9.17, 15) is 19.5 Å². The number of carboxylic acid groups (broad SMARTS) is 1. The van der Waals surface area contributed by atoms with Crippen molar-refractivity contribution in [3.63, 3.8) is 0 Å². The summed E-state index contributed by atoms with van der Waals surface area (Å²) in [5, 5.41) is 11.7. The summed E-state index contributed by atoms with van der Waals surface area (Å²) in [5.41, 5.74) is 0. The molecule has 0 spiro atoms. The molecule has 0 aliphatic rings. The third kappa shape index (κ3) is 45.4. The van der Waals surface area contributed by atoms with Crippen LogP contribution in [0.2, 0.25) is 0 Å². The quantitative estimate of drug-likeness (QED) is 0.0196. The Morgan fingerprint density at radius 3 is 1.34 bits per heavy atom. The van der Waals surface area contributed by atoms with Crippen LogP contribution in [0.5, 0.6) is 0 Å². The number of esters is 2. The van der Waals surface area contributed by atoms with Gasteiger partial charge in [0.15, 0.2) is 12.4 Å². The Hall–Kier alpha value is -2.49. The molecule has 0 rings (SSSR count). The number of allylic oxidation sites excluding steroid dienone is 6. The molecule has 0 heterocycles. The predicted molar refractivity (Wildman–Crippen MR) is 251 cm³/mol. The summed E-state index contributed by atoms with van der Waals surface area (Å²) in [6.07, 6.45) is 47.4. The molecule has 0 saturated carbocycles. The van der Waals surface area contributed by atoms with Crippen LogP contribution >= 0.6 is 0 Å². The van der Waals surface area contributed by atoms with Gasteiger partial charge in [0.05, 0.1) is 40.3 Å². The van der Waals surface area contributed by atoms with E-state index in [0.29, 0.717) is 23.9 Å². The molecule has 0 radical (unpaired) electrons. The number of hydrogen-bond donors (Lipinski definition) is 0. The van der Waals surface area contributed by atoms with Crippen LogP contribution in [-0.4, -0.2) is 82.3 Å². The van der Waals surface area contributed by atoms with Crippen molar-refractivity contribution in [2.75, 3.05) is 47.5 Å². The topological polar surface area (TPSA) is 111 Å².